The van der Waals surface area contributed by atoms with Crippen molar-refractivity contribution >= 4 is 49.5 Å². The predicted molar refractivity (Wildman–Crippen MR) is 99.8 cm³/mol. The van der Waals surface area contributed by atoms with Gasteiger partial charge in [0.2, 0.25) is 0 Å². The van der Waals surface area contributed by atoms with Crippen LogP contribution in [-0.2, 0) is 14.8 Å². The van der Waals surface area contributed by atoms with Crippen LogP contribution >= 0.6 is 22.6 Å². The van der Waals surface area contributed by atoms with Crippen molar-refractivity contribution in [1.29, 1.82) is 0 Å². The first kappa shape index (κ1) is 17.0. The first-order chi connectivity index (χ1) is 11.4. The standard InChI is InChI=1S/C17H14INO4S/c1-11-6-8-12(9-7-11)24(21,22)19-10-15(18)13-4-3-5-14(16(13)19)17(20)23-2/h3-10H,1-2H3. The molecule has 1 aromatic heterocycles. The van der Waals surface area contributed by atoms with Gasteiger partial charge in [0.1, 0.15) is 0 Å². The fraction of sp³-hybridized carbons (Fsp3) is 0.118. The van der Waals surface area contributed by atoms with E-state index < -0.39 is 16.0 Å². The zero-order chi connectivity index (χ0) is 17.5. The highest BCUT2D eigenvalue weighted by Crippen LogP contribution is 2.30. The van der Waals surface area contributed by atoms with Crippen molar-refractivity contribution in [3.63, 3.8) is 0 Å². The molecule has 0 saturated carbocycles. The van der Waals surface area contributed by atoms with E-state index in [1.807, 2.05) is 6.92 Å². The summed E-state index contributed by atoms with van der Waals surface area (Å²) in [5.41, 5.74) is 1.51. The summed E-state index contributed by atoms with van der Waals surface area (Å²) in [6, 6.07) is 11.7. The number of aryl methyl sites for hydroxylation is 1. The zero-order valence-corrected chi connectivity index (χ0v) is 16.0. The summed E-state index contributed by atoms with van der Waals surface area (Å²) in [6.45, 7) is 1.89. The van der Waals surface area contributed by atoms with Gasteiger partial charge in [0.05, 0.1) is 23.1 Å². The Balaban J connectivity index is 2.34. The lowest BCUT2D eigenvalue weighted by Crippen LogP contribution is -2.14. The van der Waals surface area contributed by atoms with Gasteiger partial charge in [0.25, 0.3) is 10.0 Å². The van der Waals surface area contributed by atoms with E-state index in [4.69, 9.17) is 4.74 Å². The number of ether oxygens (including phenoxy) is 1. The molecule has 5 nitrogen and oxygen atoms in total. The molecule has 0 atom stereocenters. The summed E-state index contributed by atoms with van der Waals surface area (Å²) >= 11 is 2.06. The SMILES string of the molecule is COC(=O)c1cccc2c(I)cn(S(=O)(=O)c3ccc(C)cc3)c12. The van der Waals surface area contributed by atoms with Crippen LogP contribution in [0.2, 0.25) is 0 Å². The van der Waals surface area contributed by atoms with Crippen LogP contribution in [0.25, 0.3) is 10.9 Å². The molecule has 3 rings (SSSR count). The van der Waals surface area contributed by atoms with Crippen LogP contribution in [0.5, 0.6) is 0 Å². The highest BCUT2D eigenvalue weighted by Gasteiger charge is 2.24. The number of esters is 1. The minimum atomic E-state index is -3.82. The number of halogens is 1. The van der Waals surface area contributed by atoms with Gasteiger partial charge in [-0.1, -0.05) is 29.8 Å². The number of benzene rings is 2. The number of nitrogens with zero attached hydrogens (tertiary/aromatic N) is 1. The van der Waals surface area contributed by atoms with Crippen LogP contribution < -0.4 is 0 Å². The Kier molecular flexibility index (Phi) is 4.39. The van der Waals surface area contributed by atoms with Crippen LogP contribution in [0.15, 0.2) is 53.6 Å². The van der Waals surface area contributed by atoms with E-state index >= 15 is 0 Å². The molecule has 0 aliphatic rings. The molecule has 0 aliphatic carbocycles. The number of fused-ring (bicyclic) bond motifs is 1. The molecule has 24 heavy (non-hydrogen) atoms. The van der Waals surface area contributed by atoms with Crippen molar-refractivity contribution in [3.05, 3.63) is 63.4 Å². The monoisotopic (exact) mass is 455 g/mol. The van der Waals surface area contributed by atoms with E-state index in [9.17, 15) is 13.2 Å². The topological polar surface area (TPSA) is 65.4 Å². The van der Waals surface area contributed by atoms with Crippen LogP contribution in [-0.4, -0.2) is 25.5 Å². The number of carbonyl (C=O) groups excluding carboxylic acids is 1. The number of hydrogen-bond donors (Lipinski definition) is 0. The fourth-order valence-corrected chi connectivity index (χ4v) is 4.79. The number of rotatable bonds is 3. The first-order valence-electron chi connectivity index (χ1n) is 7.06. The Hall–Kier alpha value is -1.87. The van der Waals surface area contributed by atoms with Crippen LogP contribution in [0.3, 0.4) is 0 Å². The van der Waals surface area contributed by atoms with Gasteiger partial charge in [0, 0.05) is 15.2 Å². The van der Waals surface area contributed by atoms with Crippen LogP contribution in [0.1, 0.15) is 15.9 Å². The smallest absolute Gasteiger partial charge is 0.340 e. The van der Waals surface area contributed by atoms with Gasteiger partial charge in [0.15, 0.2) is 0 Å². The lowest BCUT2D eigenvalue weighted by atomic mass is 10.1. The van der Waals surface area contributed by atoms with Gasteiger partial charge in [-0.2, -0.15) is 0 Å². The summed E-state index contributed by atoms with van der Waals surface area (Å²) in [7, 11) is -2.55. The highest BCUT2D eigenvalue weighted by molar-refractivity contribution is 14.1. The summed E-state index contributed by atoms with van der Waals surface area (Å²) in [5, 5.41) is 0.689. The van der Waals surface area contributed by atoms with Crippen molar-refractivity contribution in [1.82, 2.24) is 3.97 Å². The van der Waals surface area contributed by atoms with E-state index in [-0.39, 0.29) is 10.5 Å². The average Bonchev–Trinajstić information content (AvgIpc) is 2.92. The Labute approximate surface area is 153 Å². The van der Waals surface area contributed by atoms with Crippen molar-refractivity contribution < 1.29 is 17.9 Å². The normalized spacial score (nSPS) is 11.6. The average molecular weight is 455 g/mol. The quantitative estimate of drug-likeness (QED) is 0.448. The minimum absolute atomic E-state index is 0.168. The van der Waals surface area contributed by atoms with Crippen LogP contribution in [0.4, 0.5) is 0 Å². The fourth-order valence-electron chi connectivity index (χ4n) is 2.50. The third kappa shape index (κ3) is 2.71. The Bertz CT molecular complexity index is 1040. The highest BCUT2D eigenvalue weighted by atomic mass is 127. The largest absolute Gasteiger partial charge is 0.465 e. The molecule has 0 unspecified atom stereocenters. The van der Waals surface area contributed by atoms with Gasteiger partial charge in [-0.15, -0.1) is 0 Å². The van der Waals surface area contributed by atoms with E-state index in [1.54, 1.807) is 42.5 Å². The molecule has 0 bridgehead atoms. The van der Waals surface area contributed by atoms with Crippen molar-refractivity contribution in [2.75, 3.05) is 7.11 Å². The lowest BCUT2D eigenvalue weighted by Gasteiger charge is -2.10. The van der Waals surface area contributed by atoms with E-state index in [1.165, 1.54) is 13.3 Å². The third-order valence-electron chi connectivity index (χ3n) is 3.73. The first-order valence-corrected chi connectivity index (χ1v) is 9.58. The minimum Gasteiger partial charge on any atom is -0.465 e. The lowest BCUT2D eigenvalue weighted by molar-refractivity contribution is 0.0602. The number of carbonyl (C=O) groups is 1. The van der Waals surface area contributed by atoms with E-state index in [0.29, 0.717) is 10.9 Å². The zero-order valence-electron chi connectivity index (χ0n) is 13.0. The molecular formula is C17H14INO4S. The maximum atomic E-state index is 13.0. The van der Waals surface area contributed by atoms with Crippen LogP contribution in [0, 0.1) is 10.5 Å². The Morgan fingerprint density at radius 2 is 1.79 bits per heavy atom. The molecule has 0 N–H and O–H groups in total. The second kappa shape index (κ2) is 6.21. The molecule has 0 fully saturated rings. The van der Waals surface area contributed by atoms with Gasteiger partial charge >= 0.3 is 5.97 Å². The van der Waals surface area contributed by atoms with Gasteiger partial charge in [-0.05, 0) is 47.7 Å². The number of aromatic nitrogens is 1. The molecule has 3 aromatic rings. The predicted octanol–water partition coefficient (Wildman–Crippen LogP) is 3.58. The van der Waals surface area contributed by atoms with Gasteiger partial charge in [-0.25, -0.2) is 17.2 Å². The molecule has 124 valence electrons. The summed E-state index contributed by atoms with van der Waals surface area (Å²) in [5.74, 6) is -0.574. The number of para-hydroxylation sites is 1. The molecule has 0 radical (unpaired) electrons. The van der Waals surface area contributed by atoms with Crippen molar-refractivity contribution in [2.24, 2.45) is 0 Å². The van der Waals surface area contributed by atoms with E-state index in [2.05, 4.69) is 22.6 Å². The Morgan fingerprint density at radius 1 is 1.12 bits per heavy atom. The molecule has 0 amide bonds. The molecule has 0 saturated heterocycles. The second-order valence-electron chi connectivity index (χ2n) is 5.28. The molecule has 2 aromatic carbocycles. The van der Waals surface area contributed by atoms with E-state index in [0.717, 1.165) is 13.1 Å². The second-order valence-corrected chi connectivity index (χ2v) is 8.26. The summed E-state index contributed by atoms with van der Waals surface area (Å²) < 4.78 is 32.8. The maximum Gasteiger partial charge on any atom is 0.340 e. The number of hydrogen-bond acceptors (Lipinski definition) is 4. The number of methoxy groups -OCH3 is 1. The van der Waals surface area contributed by atoms with Crippen molar-refractivity contribution in [2.45, 2.75) is 11.8 Å². The molecule has 7 heteroatoms. The summed E-state index contributed by atoms with van der Waals surface area (Å²) in [6.07, 6.45) is 1.52. The third-order valence-corrected chi connectivity index (χ3v) is 6.26. The molecule has 0 aliphatic heterocycles. The summed E-state index contributed by atoms with van der Waals surface area (Å²) in [4.78, 5) is 12.2. The Morgan fingerprint density at radius 3 is 2.42 bits per heavy atom. The molecule has 1 heterocycles. The maximum absolute atomic E-state index is 13.0. The molecule has 0 spiro atoms. The van der Waals surface area contributed by atoms with Gasteiger partial charge < -0.3 is 4.74 Å². The van der Waals surface area contributed by atoms with Gasteiger partial charge in [-0.3, -0.25) is 0 Å². The molecular weight excluding hydrogens is 441 g/mol. The van der Waals surface area contributed by atoms with Crippen molar-refractivity contribution in [3.8, 4) is 0 Å².